The van der Waals surface area contributed by atoms with Gasteiger partial charge < -0.3 is 5.73 Å². The van der Waals surface area contributed by atoms with Gasteiger partial charge in [-0.15, -0.1) is 0 Å². The van der Waals surface area contributed by atoms with Crippen LogP contribution in [0.3, 0.4) is 0 Å². The molecule has 0 heterocycles. The highest BCUT2D eigenvalue weighted by Crippen LogP contribution is 2.14. The van der Waals surface area contributed by atoms with Crippen LogP contribution in [0.5, 0.6) is 0 Å². The summed E-state index contributed by atoms with van der Waals surface area (Å²) < 4.78 is 0. The summed E-state index contributed by atoms with van der Waals surface area (Å²) in [4.78, 5) is 23.6. The monoisotopic (exact) mass is 261 g/mol. The molecule has 0 aliphatic rings. The average Bonchev–Trinajstić information content (AvgIpc) is 2.39. The molecule has 0 aliphatic heterocycles. The first-order chi connectivity index (χ1) is 9.15. The third-order valence-electron chi connectivity index (χ3n) is 3.18. The first-order valence-electron chi connectivity index (χ1n) is 7.04. The number of hydrogen-bond acceptors (Lipinski definition) is 3. The van der Waals surface area contributed by atoms with Crippen LogP contribution in [0.15, 0.2) is 24.3 Å². The molecule has 0 saturated carbocycles. The normalized spacial score (nSPS) is 10.4. The van der Waals surface area contributed by atoms with Crippen LogP contribution in [0.2, 0.25) is 0 Å². The fourth-order valence-corrected chi connectivity index (χ4v) is 2.04. The van der Waals surface area contributed by atoms with Gasteiger partial charge in [-0.1, -0.05) is 44.7 Å². The molecule has 104 valence electrons. The van der Waals surface area contributed by atoms with Gasteiger partial charge in [-0.3, -0.25) is 9.59 Å². The number of nitrogen functional groups attached to an aromatic ring is 1. The van der Waals surface area contributed by atoms with Gasteiger partial charge in [0.15, 0.2) is 5.78 Å². The second-order valence-corrected chi connectivity index (χ2v) is 4.89. The maximum absolute atomic E-state index is 11.9. The molecule has 3 heteroatoms. The van der Waals surface area contributed by atoms with Crippen molar-refractivity contribution in [3.8, 4) is 0 Å². The van der Waals surface area contributed by atoms with Crippen molar-refractivity contribution in [2.45, 2.75) is 51.9 Å². The molecule has 0 unspecified atom stereocenters. The van der Waals surface area contributed by atoms with E-state index in [1.54, 1.807) is 24.3 Å². The van der Waals surface area contributed by atoms with E-state index in [4.69, 9.17) is 5.73 Å². The van der Waals surface area contributed by atoms with Crippen molar-refractivity contribution in [1.82, 2.24) is 0 Å². The first kappa shape index (κ1) is 15.4. The average molecular weight is 261 g/mol. The van der Waals surface area contributed by atoms with E-state index >= 15 is 0 Å². The van der Waals surface area contributed by atoms with Crippen molar-refractivity contribution in [2.24, 2.45) is 0 Å². The number of carbonyl (C=O) groups excluding carboxylic acids is 2. The molecule has 3 nitrogen and oxygen atoms in total. The van der Waals surface area contributed by atoms with E-state index in [2.05, 4.69) is 6.92 Å². The van der Waals surface area contributed by atoms with Crippen LogP contribution in [-0.2, 0) is 4.79 Å². The topological polar surface area (TPSA) is 60.2 Å². The van der Waals surface area contributed by atoms with Gasteiger partial charge in [-0.25, -0.2) is 0 Å². The first-order valence-corrected chi connectivity index (χ1v) is 7.04. The van der Waals surface area contributed by atoms with E-state index < -0.39 is 0 Å². The Labute approximate surface area is 115 Å². The van der Waals surface area contributed by atoms with E-state index in [0.29, 0.717) is 17.7 Å². The standard InChI is InChI=1S/C16H23NO2/c1-2-3-4-5-6-9-13(18)12-16(19)14-10-7-8-11-15(14)17/h7-8,10-11H,2-6,9,12,17H2,1H3. The number of ketones is 2. The number of para-hydroxylation sites is 1. The molecule has 0 atom stereocenters. The minimum Gasteiger partial charge on any atom is -0.398 e. The van der Waals surface area contributed by atoms with Crippen LogP contribution in [0.4, 0.5) is 5.69 Å². The Kier molecular flexibility index (Phi) is 6.86. The molecular weight excluding hydrogens is 238 g/mol. The molecule has 1 aromatic carbocycles. The minimum atomic E-state index is -0.170. The van der Waals surface area contributed by atoms with E-state index in [9.17, 15) is 9.59 Å². The van der Waals surface area contributed by atoms with Crippen molar-refractivity contribution < 1.29 is 9.59 Å². The van der Waals surface area contributed by atoms with Gasteiger partial charge in [-0.05, 0) is 18.6 Å². The Bertz CT molecular complexity index is 427. The van der Waals surface area contributed by atoms with Crippen LogP contribution in [0.1, 0.15) is 62.2 Å². The van der Waals surface area contributed by atoms with Crippen LogP contribution in [0, 0.1) is 0 Å². The highest BCUT2D eigenvalue weighted by Gasteiger charge is 2.13. The smallest absolute Gasteiger partial charge is 0.172 e. The van der Waals surface area contributed by atoms with Crippen molar-refractivity contribution in [3.63, 3.8) is 0 Å². The lowest BCUT2D eigenvalue weighted by Gasteiger charge is -2.04. The van der Waals surface area contributed by atoms with Crippen molar-refractivity contribution in [2.75, 3.05) is 5.73 Å². The van der Waals surface area contributed by atoms with Gasteiger partial charge in [0.2, 0.25) is 0 Å². The molecule has 0 amide bonds. The minimum absolute atomic E-state index is 0.0183. The highest BCUT2D eigenvalue weighted by molar-refractivity contribution is 6.10. The van der Waals surface area contributed by atoms with E-state index in [-0.39, 0.29) is 18.0 Å². The van der Waals surface area contributed by atoms with Gasteiger partial charge in [0.1, 0.15) is 5.78 Å². The molecule has 0 bridgehead atoms. The lowest BCUT2D eigenvalue weighted by molar-refractivity contribution is -0.118. The van der Waals surface area contributed by atoms with Gasteiger partial charge in [0.05, 0.1) is 6.42 Å². The molecule has 0 aromatic heterocycles. The predicted octanol–water partition coefficient (Wildman–Crippen LogP) is 3.77. The summed E-state index contributed by atoms with van der Waals surface area (Å²) in [7, 11) is 0. The summed E-state index contributed by atoms with van der Waals surface area (Å²) in [5.41, 5.74) is 6.63. The zero-order valence-corrected chi connectivity index (χ0v) is 11.7. The fraction of sp³-hybridized carbons (Fsp3) is 0.500. The van der Waals surface area contributed by atoms with E-state index in [1.807, 2.05) is 0 Å². The molecule has 0 saturated heterocycles. The van der Waals surface area contributed by atoms with E-state index in [1.165, 1.54) is 19.3 Å². The maximum atomic E-state index is 11.9. The molecule has 0 radical (unpaired) electrons. The zero-order valence-electron chi connectivity index (χ0n) is 11.7. The molecule has 1 rings (SSSR count). The van der Waals surface area contributed by atoms with Gasteiger partial charge in [-0.2, -0.15) is 0 Å². The van der Waals surface area contributed by atoms with Crippen LogP contribution < -0.4 is 5.73 Å². The van der Waals surface area contributed by atoms with E-state index in [0.717, 1.165) is 12.8 Å². The third-order valence-corrected chi connectivity index (χ3v) is 3.18. The summed E-state index contributed by atoms with van der Waals surface area (Å²) in [5.74, 6) is -0.151. The second kappa shape index (κ2) is 8.46. The Morgan fingerprint density at radius 3 is 2.42 bits per heavy atom. The fourth-order valence-electron chi connectivity index (χ4n) is 2.04. The summed E-state index contributed by atoms with van der Waals surface area (Å²) >= 11 is 0. The summed E-state index contributed by atoms with van der Waals surface area (Å²) in [6, 6.07) is 6.90. The molecule has 2 N–H and O–H groups in total. The molecule has 0 fully saturated rings. The Morgan fingerprint density at radius 2 is 1.74 bits per heavy atom. The summed E-state index contributed by atoms with van der Waals surface area (Å²) in [6.07, 6.45) is 6.01. The second-order valence-electron chi connectivity index (χ2n) is 4.89. The SMILES string of the molecule is CCCCCCCC(=O)CC(=O)c1ccccc1N. The Balaban J connectivity index is 2.32. The highest BCUT2D eigenvalue weighted by atomic mass is 16.1. The van der Waals surface area contributed by atoms with Crippen LogP contribution in [-0.4, -0.2) is 11.6 Å². The van der Waals surface area contributed by atoms with Crippen LogP contribution in [0.25, 0.3) is 0 Å². The largest absolute Gasteiger partial charge is 0.398 e. The summed E-state index contributed by atoms with van der Waals surface area (Å²) in [6.45, 7) is 2.16. The van der Waals surface area contributed by atoms with Crippen molar-refractivity contribution in [3.05, 3.63) is 29.8 Å². The zero-order chi connectivity index (χ0) is 14.1. The maximum Gasteiger partial charge on any atom is 0.172 e. The van der Waals surface area contributed by atoms with Gasteiger partial charge in [0.25, 0.3) is 0 Å². The number of Topliss-reactive ketones (excluding diaryl/α,β-unsaturated/α-hetero) is 2. The lowest BCUT2D eigenvalue weighted by atomic mass is 10.0. The Hall–Kier alpha value is -1.64. The number of nitrogens with two attached hydrogens (primary N) is 1. The molecule has 1 aromatic rings. The number of hydrogen-bond donors (Lipinski definition) is 1. The van der Waals surface area contributed by atoms with Crippen molar-refractivity contribution >= 4 is 17.3 Å². The van der Waals surface area contributed by atoms with Crippen molar-refractivity contribution in [1.29, 1.82) is 0 Å². The van der Waals surface area contributed by atoms with Crippen LogP contribution >= 0.6 is 0 Å². The quantitative estimate of drug-likeness (QED) is 0.318. The number of rotatable bonds is 9. The molecular formula is C16H23NO2. The summed E-state index contributed by atoms with van der Waals surface area (Å²) in [5, 5.41) is 0. The Morgan fingerprint density at radius 1 is 1.05 bits per heavy atom. The number of benzene rings is 1. The molecule has 0 aliphatic carbocycles. The lowest BCUT2D eigenvalue weighted by Crippen LogP contribution is -2.10. The number of anilines is 1. The number of carbonyl (C=O) groups is 2. The molecule has 19 heavy (non-hydrogen) atoms. The number of unbranched alkanes of at least 4 members (excludes halogenated alkanes) is 4. The van der Waals surface area contributed by atoms with Gasteiger partial charge in [0, 0.05) is 17.7 Å². The predicted molar refractivity (Wildman–Crippen MR) is 78.2 cm³/mol. The van der Waals surface area contributed by atoms with Gasteiger partial charge >= 0.3 is 0 Å². The third kappa shape index (κ3) is 5.69. The molecule has 0 spiro atoms.